The van der Waals surface area contributed by atoms with Gasteiger partial charge in [0, 0.05) is 6.42 Å². The van der Waals surface area contributed by atoms with Crippen LogP contribution in [-0.2, 0) is 16.1 Å². The van der Waals surface area contributed by atoms with Crippen molar-refractivity contribution in [2.24, 2.45) is 0 Å². The van der Waals surface area contributed by atoms with E-state index in [0.717, 1.165) is 5.56 Å². The summed E-state index contributed by atoms with van der Waals surface area (Å²) in [6.07, 6.45) is 1.37. The number of amides is 2. The molecule has 9 heteroatoms. The fraction of sp³-hybridized carbons (Fsp3) is 0.360. The van der Waals surface area contributed by atoms with Crippen molar-refractivity contribution in [1.29, 1.82) is 0 Å². The van der Waals surface area contributed by atoms with Crippen molar-refractivity contribution in [2.45, 2.75) is 51.0 Å². The maximum absolute atomic E-state index is 14.8. The lowest BCUT2D eigenvalue weighted by Gasteiger charge is -2.27. The Bertz CT molecular complexity index is 1140. The van der Waals surface area contributed by atoms with Crippen LogP contribution in [-0.4, -0.2) is 50.2 Å². The number of nitrogens with one attached hydrogen (secondary N) is 1. The van der Waals surface area contributed by atoms with Crippen LogP contribution in [0.15, 0.2) is 61.2 Å². The molecule has 2 amide bonds. The Labute approximate surface area is 196 Å². The Hall–Kier alpha value is -3.62. The van der Waals surface area contributed by atoms with Gasteiger partial charge in [0.05, 0.1) is 12.6 Å². The van der Waals surface area contributed by atoms with E-state index >= 15 is 0 Å². The topological polar surface area (TPSA) is 80.1 Å². The van der Waals surface area contributed by atoms with Crippen molar-refractivity contribution in [3.8, 4) is 0 Å². The van der Waals surface area contributed by atoms with Crippen molar-refractivity contribution in [3.05, 3.63) is 83.7 Å². The fourth-order valence-electron chi connectivity index (χ4n) is 4.29. The summed E-state index contributed by atoms with van der Waals surface area (Å²) in [6, 6.07) is 12.5. The molecule has 1 aliphatic heterocycles. The van der Waals surface area contributed by atoms with Crippen LogP contribution in [0.25, 0.3) is 0 Å². The molecule has 3 atom stereocenters. The van der Waals surface area contributed by atoms with Crippen LogP contribution < -0.4 is 5.32 Å². The minimum absolute atomic E-state index is 0.0176. The van der Waals surface area contributed by atoms with E-state index in [2.05, 4.69) is 15.5 Å². The minimum atomic E-state index is -1.31. The molecule has 4 rings (SSSR count). The summed E-state index contributed by atoms with van der Waals surface area (Å²) in [6.45, 7) is 3.57. The lowest BCUT2D eigenvalue weighted by Crippen LogP contribution is -2.47. The van der Waals surface area contributed by atoms with E-state index in [-0.39, 0.29) is 31.2 Å². The third kappa shape index (κ3) is 5.13. The summed E-state index contributed by atoms with van der Waals surface area (Å²) in [7, 11) is 0. The minimum Gasteiger partial charge on any atom is -0.343 e. The summed E-state index contributed by atoms with van der Waals surface area (Å²) in [5.74, 6) is -1.22. The largest absolute Gasteiger partial charge is 0.343 e. The monoisotopic (exact) mass is 467 g/mol. The first-order valence-electron chi connectivity index (χ1n) is 11.2. The average Bonchev–Trinajstić information content (AvgIpc) is 3.47. The number of benzene rings is 2. The number of aromatic nitrogens is 3. The van der Waals surface area contributed by atoms with Gasteiger partial charge in [-0.15, -0.1) is 10.2 Å². The van der Waals surface area contributed by atoms with Gasteiger partial charge >= 0.3 is 0 Å². The highest BCUT2D eigenvalue weighted by atomic mass is 19.1. The van der Waals surface area contributed by atoms with Crippen molar-refractivity contribution < 1.29 is 18.4 Å². The first kappa shape index (κ1) is 23.5. The summed E-state index contributed by atoms with van der Waals surface area (Å²) in [5, 5.41) is 10.3. The molecule has 178 valence electrons. The van der Waals surface area contributed by atoms with Crippen LogP contribution in [0.2, 0.25) is 0 Å². The average molecular weight is 468 g/mol. The highest BCUT2D eigenvalue weighted by molar-refractivity contribution is 5.88. The van der Waals surface area contributed by atoms with E-state index in [0.29, 0.717) is 11.1 Å². The van der Waals surface area contributed by atoms with Gasteiger partial charge < -0.3 is 14.8 Å². The predicted molar refractivity (Wildman–Crippen MR) is 122 cm³/mol. The lowest BCUT2D eigenvalue weighted by atomic mass is 9.94. The van der Waals surface area contributed by atoms with Crippen LogP contribution in [0.5, 0.6) is 0 Å². The molecule has 0 bridgehead atoms. The second-order valence-corrected chi connectivity index (χ2v) is 8.82. The molecule has 1 aliphatic rings. The number of hydrogen-bond donors (Lipinski definition) is 1. The maximum atomic E-state index is 14.8. The number of hydrogen-bond acceptors (Lipinski definition) is 4. The number of halogens is 2. The zero-order valence-electron chi connectivity index (χ0n) is 19.1. The molecule has 0 aliphatic carbocycles. The standard InChI is InChI=1S/C25H27F2N5O2/c1-16(2)20-9-8-18(10-21(20)27)24(17-6-4-3-5-7-17)30-25(34)22-11-19(26)12-32(22)23(33)13-31-14-28-29-15-31/h3-10,14-16,19,22,24H,11-13H2,1-2H3,(H,30,34). The molecule has 3 aromatic rings. The maximum Gasteiger partial charge on any atom is 0.243 e. The Kier molecular flexibility index (Phi) is 7.00. The first-order valence-corrected chi connectivity index (χ1v) is 11.2. The van der Waals surface area contributed by atoms with Crippen LogP contribution >= 0.6 is 0 Å². The lowest BCUT2D eigenvalue weighted by molar-refractivity contribution is -0.139. The molecule has 1 saturated heterocycles. The van der Waals surface area contributed by atoms with E-state index in [9.17, 15) is 18.4 Å². The number of likely N-dealkylation sites (tertiary alicyclic amines) is 1. The second kappa shape index (κ2) is 10.1. The molecule has 1 aromatic heterocycles. The summed E-state index contributed by atoms with van der Waals surface area (Å²) in [4.78, 5) is 27.4. The van der Waals surface area contributed by atoms with Gasteiger partial charge in [0.2, 0.25) is 11.8 Å². The normalized spacial score (nSPS) is 18.8. The van der Waals surface area contributed by atoms with Gasteiger partial charge in [0.25, 0.3) is 0 Å². The molecule has 2 heterocycles. The van der Waals surface area contributed by atoms with Crippen LogP contribution in [0.4, 0.5) is 8.78 Å². The van der Waals surface area contributed by atoms with E-state index < -0.39 is 30.1 Å². The summed E-state index contributed by atoms with van der Waals surface area (Å²) in [5.41, 5.74) is 1.91. The van der Waals surface area contributed by atoms with Crippen molar-refractivity contribution in [3.63, 3.8) is 0 Å². The molecule has 34 heavy (non-hydrogen) atoms. The Balaban J connectivity index is 1.59. The molecular weight excluding hydrogens is 440 g/mol. The van der Waals surface area contributed by atoms with E-state index in [4.69, 9.17) is 0 Å². The van der Waals surface area contributed by atoms with Crippen LogP contribution in [0.3, 0.4) is 0 Å². The second-order valence-electron chi connectivity index (χ2n) is 8.82. The molecule has 1 N–H and O–H groups in total. The highest BCUT2D eigenvalue weighted by Gasteiger charge is 2.40. The Morgan fingerprint density at radius 1 is 1.09 bits per heavy atom. The molecular formula is C25H27F2N5O2. The van der Waals surface area contributed by atoms with Gasteiger partial charge in [-0.3, -0.25) is 9.59 Å². The van der Waals surface area contributed by atoms with E-state index in [1.54, 1.807) is 12.1 Å². The van der Waals surface area contributed by atoms with E-state index in [1.807, 2.05) is 44.2 Å². The number of alkyl halides is 1. The van der Waals surface area contributed by atoms with Crippen LogP contribution in [0, 0.1) is 5.82 Å². The van der Waals surface area contributed by atoms with Gasteiger partial charge in [0.1, 0.15) is 37.2 Å². The number of carbonyl (C=O) groups is 2. The zero-order chi connectivity index (χ0) is 24.2. The van der Waals surface area contributed by atoms with Crippen molar-refractivity contribution >= 4 is 11.8 Å². The fourth-order valence-corrected chi connectivity index (χ4v) is 4.29. The van der Waals surface area contributed by atoms with Gasteiger partial charge in [0.15, 0.2) is 0 Å². The van der Waals surface area contributed by atoms with Crippen molar-refractivity contribution in [2.75, 3.05) is 6.54 Å². The predicted octanol–water partition coefficient (Wildman–Crippen LogP) is 3.39. The van der Waals surface area contributed by atoms with E-state index in [1.165, 1.54) is 28.2 Å². The molecule has 0 spiro atoms. The quantitative estimate of drug-likeness (QED) is 0.578. The third-order valence-corrected chi connectivity index (χ3v) is 6.06. The van der Waals surface area contributed by atoms with Gasteiger partial charge in [-0.1, -0.05) is 56.3 Å². The Morgan fingerprint density at radius 2 is 1.79 bits per heavy atom. The molecule has 0 saturated carbocycles. The van der Waals surface area contributed by atoms with Gasteiger partial charge in [-0.25, -0.2) is 8.78 Å². The molecule has 7 nitrogen and oxygen atoms in total. The Morgan fingerprint density at radius 3 is 2.44 bits per heavy atom. The molecule has 2 aromatic carbocycles. The van der Waals surface area contributed by atoms with Crippen LogP contribution in [0.1, 0.15) is 48.9 Å². The molecule has 3 unspecified atom stereocenters. The van der Waals surface area contributed by atoms with Gasteiger partial charge in [-0.05, 0) is 28.7 Å². The number of carbonyl (C=O) groups excluding carboxylic acids is 2. The number of rotatable bonds is 7. The summed E-state index contributed by atoms with van der Waals surface area (Å²) < 4.78 is 30.6. The molecule has 1 fully saturated rings. The SMILES string of the molecule is CC(C)c1ccc(C(NC(=O)C2CC(F)CN2C(=O)Cn2cnnc2)c2ccccc2)cc1F. The zero-order valence-corrected chi connectivity index (χ0v) is 19.1. The van der Waals surface area contributed by atoms with Gasteiger partial charge in [-0.2, -0.15) is 0 Å². The smallest absolute Gasteiger partial charge is 0.243 e. The summed E-state index contributed by atoms with van der Waals surface area (Å²) >= 11 is 0. The first-order chi connectivity index (χ1) is 16.3. The number of nitrogens with zero attached hydrogens (tertiary/aromatic N) is 4. The highest BCUT2D eigenvalue weighted by Crippen LogP contribution is 2.28. The third-order valence-electron chi connectivity index (χ3n) is 6.06. The molecule has 0 radical (unpaired) electrons. The van der Waals surface area contributed by atoms with Crippen molar-refractivity contribution in [1.82, 2.24) is 25.0 Å².